The molecule has 0 bridgehead atoms. The minimum Gasteiger partial charge on any atom is -0.456 e. The van der Waals surface area contributed by atoms with E-state index in [1.807, 2.05) is 48.5 Å². The first-order valence-corrected chi connectivity index (χ1v) is 20.4. The third-order valence-electron chi connectivity index (χ3n) is 12.0. The number of hydrogen-bond acceptors (Lipinski definition) is 5. The quantitative estimate of drug-likeness (QED) is 0.174. The summed E-state index contributed by atoms with van der Waals surface area (Å²) in [6.45, 7) is 0. The van der Waals surface area contributed by atoms with Crippen LogP contribution in [0.15, 0.2) is 203 Å². The van der Waals surface area contributed by atoms with Crippen LogP contribution < -0.4 is 0 Å². The van der Waals surface area contributed by atoms with Gasteiger partial charge in [0, 0.05) is 49.1 Å². The normalized spacial score (nSPS) is 11.9. The summed E-state index contributed by atoms with van der Waals surface area (Å²) in [5, 5.41) is 8.82. The molecule has 6 heteroatoms. The molecule has 4 aromatic heterocycles. The van der Waals surface area contributed by atoms with E-state index in [0.717, 1.165) is 88.4 Å². The first kappa shape index (κ1) is 33.6. The average molecular weight is 781 g/mol. The number of aromatic nitrogens is 4. The van der Waals surface area contributed by atoms with Gasteiger partial charge in [-0.05, 0) is 82.6 Å². The van der Waals surface area contributed by atoms with E-state index in [4.69, 9.17) is 23.8 Å². The van der Waals surface area contributed by atoms with E-state index in [1.165, 1.54) is 21.5 Å². The Morgan fingerprint density at radius 2 is 0.902 bits per heavy atom. The van der Waals surface area contributed by atoms with Crippen LogP contribution in [0.3, 0.4) is 0 Å². The Morgan fingerprint density at radius 3 is 1.70 bits per heavy atom. The van der Waals surface area contributed by atoms with Gasteiger partial charge in [-0.1, -0.05) is 133 Å². The van der Waals surface area contributed by atoms with Gasteiger partial charge in [-0.2, -0.15) is 0 Å². The summed E-state index contributed by atoms with van der Waals surface area (Å²) in [6.07, 6.45) is 0. The first-order chi connectivity index (χ1) is 30.2. The van der Waals surface area contributed by atoms with Crippen molar-refractivity contribution >= 4 is 76.5 Å². The van der Waals surface area contributed by atoms with Crippen LogP contribution in [-0.2, 0) is 0 Å². The maximum Gasteiger partial charge on any atom is 0.167 e. The SMILES string of the molecule is c1ccc(-c2ccc(-c3nc(-c4ccc5oc6ccccc6c5c4)nc(-c4cc(-n5c6ccccc6c6cc7ccccc7cc65)cc5c4oc4ccccc45)n3)cc2)cc1. The number of furan rings is 2. The Bertz CT molecular complexity index is 3880. The van der Waals surface area contributed by atoms with Crippen LogP contribution in [-0.4, -0.2) is 19.5 Å². The van der Waals surface area contributed by atoms with E-state index in [9.17, 15) is 0 Å². The van der Waals surface area contributed by atoms with Crippen LogP contribution in [0.2, 0.25) is 0 Å². The van der Waals surface area contributed by atoms with Crippen LogP contribution in [0.5, 0.6) is 0 Å². The van der Waals surface area contributed by atoms with Gasteiger partial charge < -0.3 is 13.4 Å². The van der Waals surface area contributed by atoms with Gasteiger partial charge >= 0.3 is 0 Å². The highest BCUT2D eigenvalue weighted by Crippen LogP contribution is 2.42. The highest BCUT2D eigenvalue weighted by Gasteiger charge is 2.22. The molecule has 6 nitrogen and oxygen atoms in total. The number of hydrogen-bond donors (Lipinski definition) is 0. The van der Waals surface area contributed by atoms with E-state index in [1.54, 1.807) is 0 Å². The molecule has 0 saturated heterocycles. The van der Waals surface area contributed by atoms with Gasteiger partial charge in [-0.3, -0.25) is 0 Å². The van der Waals surface area contributed by atoms with E-state index in [2.05, 4.69) is 150 Å². The second kappa shape index (κ2) is 13.1. The largest absolute Gasteiger partial charge is 0.456 e. The molecule has 0 saturated carbocycles. The lowest BCUT2D eigenvalue weighted by molar-refractivity contribution is 0.669. The molecule has 0 aliphatic carbocycles. The lowest BCUT2D eigenvalue weighted by atomic mass is 10.0. The maximum atomic E-state index is 6.77. The van der Waals surface area contributed by atoms with Gasteiger partial charge in [0.05, 0.1) is 16.6 Å². The molecule has 0 unspecified atom stereocenters. The lowest BCUT2D eigenvalue weighted by Gasteiger charge is -2.13. The van der Waals surface area contributed by atoms with E-state index >= 15 is 0 Å². The Kier molecular flexibility index (Phi) is 7.21. The third kappa shape index (κ3) is 5.32. The van der Waals surface area contributed by atoms with Gasteiger partial charge in [-0.25, -0.2) is 15.0 Å². The molecule has 0 amide bonds. The summed E-state index contributed by atoms with van der Waals surface area (Å²) in [5.74, 6) is 1.63. The van der Waals surface area contributed by atoms with Crippen molar-refractivity contribution < 1.29 is 8.83 Å². The summed E-state index contributed by atoms with van der Waals surface area (Å²) < 4.78 is 15.4. The maximum absolute atomic E-state index is 6.77. The molecule has 13 aromatic rings. The van der Waals surface area contributed by atoms with Crippen molar-refractivity contribution in [2.75, 3.05) is 0 Å². The predicted molar refractivity (Wildman–Crippen MR) is 248 cm³/mol. The second-order valence-electron chi connectivity index (χ2n) is 15.6. The highest BCUT2D eigenvalue weighted by atomic mass is 16.3. The molecular formula is C55H32N4O2. The van der Waals surface area contributed by atoms with Crippen molar-refractivity contribution in [1.29, 1.82) is 0 Å². The van der Waals surface area contributed by atoms with Crippen LogP contribution in [0.25, 0.3) is 127 Å². The summed E-state index contributed by atoms with van der Waals surface area (Å²) in [5.41, 5.74) is 11.2. The Labute approximate surface area is 348 Å². The number of benzene rings is 9. The van der Waals surface area contributed by atoms with Crippen molar-refractivity contribution in [3.63, 3.8) is 0 Å². The van der Waals surface area contributed by atoms with Crippen molar-refractivity contribution in [2.24, 2.45) is 0 Å². The van der Waals surface area contributed by atoms with Gasteiger partial charge in [-0.15, -0.1) is 0 Å². The van der Waals surface area contributed by atoms with Crippen LogP contribution in [0.1, 0.15) is 0 Å². The van der Waals surface area contributed by atoms with Crippen LogP contribution in [0, 0.1) is 0 Å². The molecule has 0 radical (unpaired) electrons. The Balaban J connectivity index is 1.09. The number of rotatable bonds is 5. The Hall–Kier alpha value is -8.35. The fourth-order valence-corrected chi connectivity index (χ4v) is 9.10. The summed E-state index contributed by atoms with van der Waals surface area (Å²) in [4.78, 5) is 15.8. The van der Waals surface area contributed by atoms with E-state index in [0.29, 0.717) is 17.5 Å². The van der Waals surface area contributed by atoms with Crippen molar-refractivity contribution in [3.8, 4) is 51.0 Å². The third-order valence-corrected chi connectivity index (χ3v) is 12.0. The highest BCUT2D eigenvalue weighted by molar-refractivity contribution is 6.15. The van der Waals surface area contributed by atoms with Crippen LogP contribution >= 0.6 is 0 Å². The molecule has 13 rings (SSSR count). The van der Waals surface area contributed by atoms with Gasteiger partial charge in [0.2, 0.25) is 0 Å². The number of para-hydroxylation sites is 3. The molecule has 0 N–H and O–H groups in total. The van der Waals surface area contributed by atoms with Gasteiger partial charge in [0.25, 0.3) is 0 Å². The molecule has 0 spiro atoms. The smallest absolute Gasteiger partial charge is 0.167 e. The van der Waals surface area contributed by atoms with Crippen molar-refractivity contribution in [3.05, 3.63) is 194 Å². The lowest BCUT2D eigenvalue weighted by Crippen LogP contribution is -2.01. The number of fused-ring (bicyclic) bond motifs is 10. The molecule has 284 valence electrons. The first-order valence-electron chi connectivity index (χ1n) is 20.4. The molecule has 0 aliphatic heterocycles. The van der Waals surface area contributed by atoms with Gasteiger partial charge in [0.1, 0.15) is 22.3 Å². The van der Waals surface area contributed by atoms with Crippen LogP contribution in [0.4, 0.5) is 0 Å². The zero-order chi connectivity index (χ0) is 40.0. The van der Waals surface area contributed by atoms with Gasteiger partial charge in [0.15, 0.2) is 17.5 Å². The molecule has 9 aromatic carbocycles. The van der Waals surface area contributed by atoms with E-state index < -0.39 is 0 Å². The summed E-state index contributed by atoms with van der Waals surface area (Å²) in [6, 6.07) is 67.5. The topological polar surface area (TPSA) is 69.9 Å². The number of nitrogens with zero attached hydrogens (tertiary/aromatic N) is 4. The monoisotopic (exact) mass is 780 g/mol. The molecule has 0 fully saturated rings. The summed E-state index contributed by atoms with van der Waals surface area (Å²) >= 11 is 0. The van der Waals surface area contributed by atoms with Crippen molar-refractivity contribution in [1.82, 2.24) is 19.5 Å². The minimum absolute atomic E-state index is 0.515. The fourth-order valence-electron chi connectivity index (χ4n) is 9.10. The molecule has 0 atom stereocenters. The predicted octanol–water partition coefficient (Wildman–Crippen LogP) is 14.6. The molecule has 0 aliphatic rings. The molecule has 61 heavy (non-hydrogen) atoms. The standard InChI is InChI=1S/C55H32N4O2/c1-2-12-33(13-3-1)34-22-24-35(25-23-34)53-56-54(38-26-27-51-44(29-38)41-17-7-10-20-49(41)60-51)58-55(57-53)46-32-39(31-45-42-18-8-11-21-50(42)61-52(45)46)59-47-19-9-6-16-40(47)43-28-36-14-4-5-15-37(36)30-48(43)59/h1-32H. The average Bonchev–Trinajstić information content (AvgIpc) is 4.00. The van der Waals surface area contributed by atoms with E-state index in [-0.39, 0.29) is 0 Å². The zero-order valence-electron chi connectivity index (χ0n) is 32.6. The minimum atomic E-state index is 0.515. The summed E-state index contributed by atoms with van der Waals surface area (Å²) in [7, 11) is 0. The second-order valence-corrected chi connectivity index (χ2v) is 15.6. The molecule has 4 heterocycles. The molecular weight excluding hydrogens is 749 g/mol. The van der Waals surface area contributed by atoms with Crippen molar-refractivity contribution in [2.45, 2.75) is 0 Å². The zero-order valence-corrected chi connectivity index (χ0v) is 32.6. The fraction of sp³-hybridized carbons (Fsp3) is 0. The Morgan fingerprint density at radius 1 is 0.328 bits per heavy atom.